The zero-order valence-corrected chi connectivity index (χ0v) is 11.0. The highest BCUT2D eigenvalue weighted by Crippen LogP contribution is 2.48. The van der Waals surface area contributed by atoms with Gasteiger partial charge in [0.2, 0.25) is 0 Å². The second-order valence-corrected chi connectivity index (χ2v) is 6.04. The maximum absolute atomic E-state index is 12.3. The fourth-order valence-electron chi connectivity index (χ4n) is 3.91. The molecule has 0 aromatic carbocycles. The molecule has 4 atom stereocenters. The molecule has 0 amide bonds. The van der Waals surface area contributed by atoms with E-state index in [2.05, 4.69) is 0 Å². The first-order valence-electron chi connectivity index (χ1n) is 7.28. The van der Waals surface area contributed by atoms with Crippen LogP contribution in [0, 0.1) is 23.7 Å². The molecule has 0 saturated heterocycles. The summed E-state index contributed by atoms with van der Waals surface area (Å²) in [4.78, 5) is 23.7. The molecule has 0 heterocycles. The molecule has 2 saturated carbocycles. The van der Waals surface area contributed by atoms with Gasteiger partial charge in [0.05, 0.1) is 11.8 Å². The van der Waals surface area contributed by atoms with Gasteiger partial charge in [0.15, 0.2) is 0 Å². The van der Waals surface area contributed by atoms with Crippen LogP contribution in [0.3, 0.4) is 0 Å². The molecule has 19 heavy (non-hydrogen) atoms. The van der Waals surface area contributed by atoms with Crippen molar-refractivity contribution < 1.29 is 19.4 Å². The van der Waals surface area contributed by atoms with E-state index in [0.29, 0.717) is 0 Å². The normalized spacial score (nSPS) is 37.5. The highest BCUT2D eigenvalue weighted by Gasteiger charge is 2.52. The van der Waals surface area contributed by atoms with Gasteiger partial charge in [0.25, 0.3) is 0 Å². The molecule has 2 unspecified atom stereocenters. The number of aliphatic carboxylic acids is 1. The van der Waals surface area contributed by atoms with Crippen LogP contribution in [0.5, 0.6) is 0 Å². The van der Waals surface area contributed by atoms with Gasteiger partial charge in [-0.15, -0.1) is 0 Å². The Morgan fingerprint density at radius 3 is 2.26 bits per heavy atom. The Hall–Kier alpha value is -1.32. The van der Waals surface area contributed by atoms with E-state index in [1.807, 2.05) is 12.2 Å². The molecule has 0 aromatic heterocycles. The van der Waals surface area contributed by atoms with Gasteiger partial charge in [0, 0.05) is 0 Å². The summed E-state index contributed by atoms with van der Waals surface area (Å²) in [5.74, 6) is -2.09. The minimum Gasteiger partial charge on any atom is -0.481 e. The predicted octanol–water partition coefficient (Wildman–Crippen LogP) is 2.39. The van der Waals surface area contributed by atoms with Crippen LogP contribution in [0.2, 0.25) is 0 Å². The van der Waals surface area contributed by atoms with Gasteiger partial charge in [0.1, 0.15) is 6.10 Å². The summed E-state index contributed by atoms with van der Waals surface area (Å²) in [6.45, 7) is 0. The van der Waals surface area contributed by atoms with Gasteiger partial charge in [-0.05, 0) is 43.9 Å². The van der Waals surface area contributed by atoms with E-state index in [9.17, 15) is 14.7 Å². The Balaban J connectivity index is 1.68. The molecule has 2 bridgehead atoms. The lowest BCUT2D eigenvalue weighted by atomic mass is 9.83. The predicted molar refractivity (Wildman–Crippen MR) is 68.3 cm³/mol. The Morgan fingerprint density at radius 2 is 1.63 bits per heavy atom. The van der Waals surface area contributed by atoms with Gasteiger partial charge in [-0.3, -0.25) is 9.59 Å². The Kier molecular flexibility index (Phi) is 3.33. The van der Waals surface area contributed by atoms with E-state index in [-0.39, 0.29) is 23.9 Å². The van der Waals surface area contributed by atoms with Crippen LogP contribution >= 0.6 is 0 Å². The number of fused-ring (bicyclic) bond motifs is 2. The van der Waals surface area contributed by atoms with Crippen molar-refractivity contribution in [2.75, 3.05) is 0 Å². The molecule has 3 rings (SSSR count). The van der Waals surface area contributed by atoms with Crippen LogP contribution in [0.15, 0.2) is 12.2 Å². The number of esters is 1. The van der Waals surface area contributed by atoms with E-state index in [1.54, 1.807) is 0 Å². The van der Waals surface area contributed by atoms with E-state index >= 15 is 0 Å². The zero-order chi connectivity index (χ0) is 13.4. The van der Waals surface area contributed by atoms with Crippen molar-refractivity contribution in [3.8, 4) is 0 Å². The molecule has 104 valence electrons. The van der Waals surface area contributed by atoms with E-state index < -0.39 is 17.8 Å². The van der Waals surface area contributed by atoms with Crippen molar-refractivity contribution in [2.24, 2.45) is 23.7 Å². The second-order valence-electron chi connectivity index (χ2n) is 6.04. The van der Waals surface area contributed by atoms with Gasteiger partial charge < -0.3 is 9.84 Å². The number of hydrogen-bond acceptors (Lipinski definition) is 3. The Morgan fingerprint density at radius 1 is 1.00 bits per heavy atom. The molecule has 4 nitrogen and oxygen atoms in total. The zero-order valence-electron chi connectivity index (χ0n) is 11.0. The van der Waals surface area contributed by atoms with Crippen LogP contribution in [-0.4, -0.2) is 23.1 Å². The standard InChI is InChI=1S/C15H20O4/c16-14(17)12-9-6-7-10(8-9)13(12)15(18)19-11-4-2-1-3-5-11/h6-7,9-13H,1-5,8H2,(H,16,17)/t9?,10?,12-,13-/m0/s1. The molecule has 0 radical (unpaired) electrons. The second kappa shape index (κ2) is 4.99. The van der Waals surface area contributed by atoms with Gasteiger partial charge in [-0.1, -0.05) is 18.6 Å². The molecule has 0 aliphatic heterocycles. The third-order valence-corrected chi connectivity index (χ3v) is 4.85. The number of carboxylic acid groups (broad SMARTS) is 1. The van der Waals surface area contributed by atoms with Crippen molar-refractivity contribution in [1.82, 2.24) is 0 Å². The number of allylic oxidation sites excluding steroid dienone is 2. The fourth-order valence-corrected chi connectivity index (χ4v) is 3.91. The summed E-state index contributed by atoms with van der Waals surface area (Å²) in [6.07, 6.45) is 10.0. The minimum absolute atomic E-state index is 0.0128. The smallest absolute Gasteiger partial charge is 0.310 e. The van der Waals surface area contributed by atoms with E-state index in [4.69, 9.17) is 4.74 Å². The quantitative estimate of drug-likeness (QED) is 0.628. The molecule has 0 aromatic rings. The lowest BCUT2D eigenvalue weighted by Crippen LogP contribution is -2.36. The number of carboxylic acids is 1. The Labute approximate surface area is 112 Å². The van der Waals surface area contributed by atoms with Crippen LogP contribution in [0.25, 0.3) is 0 Å². The maximum Gasteiger partial charge on any atom is 0.310 e. The molecule has 1 N–H and O–H groups in total. The molecule has 3 aliphatic carbocycles. The fraction of sp³-hybridized carbons (Fsp3) is 0.733. The van der Waals surface area contributed by atoms with Crippen molar-refractivity contribution in [3.63, 3.8) is 0 Å². The van der Waals surface area contributed by atoms with E-state index in [0.717, 1.165) is 32.1 Å². The molecular weight excluding hydrogens is 244 g/mol. The number of ether oxygens (including phenoxy) is 1. The first-order chi connectivity index (χ1) is 9.16. The van der Waals surface area contributed by atoms with Crippen LogP contribution in [0.1, 0.15) is 38.5 Å². The Bertz CT molecular complexity index is 408. The lowest BCUT2D eigenvalue weighted by Gasteiger charge is -2.27. The maximum atomic E-state index is 12.3. The summed E-state index contributed by atoms with van der Waals surface area (Å²) in [5, 5.41) is 9.32. The summed E-state index contributed by atoms with van der Waals surface area (Å²) in [6, 6.07) is 0. The van der Waals surface area contributed by atoms with Crippen LogP contribution in [-0.2, 0) is 14.3 Å². The van der Waals surface area contributed by atoms with Crippen molar-refractivity contribution >= 4 is 11.9 Å². The molecular formula is C15H20O4. The van der Waals surface area contributed by atoms with E-state index in [1.165, 1.54) is 6.42 Å². The third-order valence-electron chi connectivity index (χ3n) is 4.85. The summed E-state index contributed by atoms with van der Waals surface area (Å²) in [5.41, 5.74) is 0. The molecule has 2 fully saturated rings. The number of rotatable bonds is 3. The minimum atomic E-state index is -0.859. The van der Waals surface area contributed by atoms with Crippen molar-refractivity contribution in [3.05, 3.63) is 12.2 Å². The summed E-state index contributed by atoms with van der Waals surface area (Å²) in [7, 11) is 0. The van der Waals surface area contributed by atoms with Crippen molar-refractivity contribution in [2.45, 2.75) is 44.6 Å². The molecule has 4 heteroatoms. The summed E-state index contributed by atoms with van der Waals surface area (Å²) >= 11 is 0. The average molecular weight is 264 g/mol. The topological polar surface area (TPSA) is 63.6 Å². The number of carbonyl (C=O) groups is 2. The lowest BCUT2D eigenvalue weighted by molar-refractivity contribution is -0.163. The van der Waals surface area contributed by atoms with Crippen molar-refractivity contribution in [1.29, 1.82) is 0 Å². The number of carbonyl (C=O) groups excluding carboxylic acids is 1. The number of hydrogen-bond donors (Lipinski definition) is 1. The largest absolute Gasteiger partial charge is 0.481 e. The highest BCUT2D eigenvalue weighted by atomic mass is 16.5. The van der Waals surface area contributed by atoms with Crippen LogP contribution < -0.4 is 0 Å². The summed E-state index contributed by atoms with van der Waals surface area (Å²) < 4.78 is 5.57. The first kappa shape index (κ1) is 12.7. The average Bonchev–Trinajstić information content (AvgIpc) is 2.99. The van der Waals surface area contributed by atoms with Gasteiger partial charge >= 0.3 is 11.9 Å². The molecule has 0 spiro atoms. The highest BCUT2D eigenvalue weighted by molar-refractivity contribution is 5.83. The monoisotopic (exact) mass is 264 g/mol. The first-order valence-corrected chi connectivity index (χ1v) is 7.28. The van der Waals surface area contributed by atoms with Gasteiger partial charge in [-0.2, -0.15) is 0 Å². The van der Waals surface area contributed by atoms with Crippen LogP contribution in [0.4, 0.5) is 0 Å². The SMILES string of the molecule is O=C(O)[C@H]1C2C=CC(C2)[C@@H]1C(=O)OC1CCCCC1. The third kappa shape index (κ3) is 2.28. The molecule has 3 aliphatic rings. The van der Waals surface area contributed by atoms with Gasteiger partial charge in [-0.25, -0.2) is 0 Å².